The highest BCUT2D eigenvalue weighted by atomic mass is 16.4. The summed E-state index contributed by atoms with van der Waals surface area (Å²) in [7, 11) is 0. The van der Waals surface area contributed by atoms with Crippen molar-refractivity contribution in [3.63, 3.8) is 0 Å². The van der Waals surface area contributed by atoms with Gasteiger partial charge in [-0.05, 0) is 50.0 Å². The number of carboxylic acids is 1. The van der Waals surface area contributed by atoms with Crippen LogP contribution in [0.2, 0.25) is 0 Å². The molecule has 1 aliphatic heterocycles. The molecule has 3 aliphatic rings. The van der Waals surface area contributed by atoms with Crippen LogP contribution in [0.5, 0.6) is 0 Å². The molecule has 4 heteroatoms. The maximum atomic E-state index is 10.9. The Labute approximate surface area is 141 Å². The molecule has 2 N–H and O–H groups in total. The lowest BCUT2D eigenvalue weighted by Crippen LogP contribution is -2.50. The second-order valence-corrected chi connectivity index (χ2v) is 8.29. The molecule has 23 heavy (non-hydrogen) atoms. The lowest BCUT2D eigenvalue weighted by molar-refractivity contribution is -0.137. The Bertz CT molecular complexity index is 378. The smallest absolute Gasteiger partial charge is 0.304 e. The van der Waals surface area contributed by atoms with Crippen LogP contribution in [-0.2, 0) is 4.79 Å². The number of carbonyl (C=O) groups is 1. The Hall–Kier alpha value is -0.610. The van der Waals surface area contributed by atoms with Crippen molar-refractivity contribution in [2.45, 2.75) is 70.3 Å². The number of likely N-dealkylation sites (tertiary alicyclic amines) is 1. The van der Waals surface area contributed by atoms with Gasteiger partial charge < -0.3 is 15.3 Å². The van der Waals surface area contributed by atoms with Gasteiger partial charge in [0.25, 0.3) is 0 Å². The molecule has 3 fully saturated rings. The number of piperidine rings is 1. The third kappa shape index (κ3) is 6.07. The van der Waals surface area contributed by atoms with Crippen molar-refractivity contribution in [2.75, 3.05) is 26.2 Å². The van der Waals surface area contributed by atoms with Gasteiger partial charge in [0.1, 0.15) is 0 Å². The minimum Gasteiger partial charge on any atom is -0.481 e. The van der Waals surface area contributed by atoms with Gasteiger partial charge in [-0.1, -0.05) is 32.1 Å². The number of aliphatic carboxylic acids is 1. The molecule has 1 heterocycles. The number of carboxylic acid groups (broad SMARTS) is 1. The zero-order valence-corrected chi connectivity index (χ0v) is 14.5. The van der Waals surface area contributed by atoms with Gasteiger partial charge in [0.2, 0.25) is 0 Å². The summed E-state index contributed by atoms with van der Waals surface area (Å²) in [6, 6.07) is 0.572. The van der Waals surface area contributed by atoms with Gasteiger partial charge in [0.05, 0.1) is 6.42 Å². The molecule has 132 valence electrons. The first-order chi connectivity index (χ1) is 11.2. The van der Waals surface area contributed by atoms with Gasteiger partial charge in [-0.15, -0.1) is 0 Å². The van der Waals surface area contributed by atoms with Crippen LogP contribution in [0.1, 0.15) is 64.2 Å². The normalized spacial score (nSPS) is 30.4. The molecule has 0 radical (unpaired) electrons. The lowest BCUT2D eigenvalue weighted by atomic mass is 9.87. The Kier molecular flexibility index (Phi) is 6.35. The summed E-state index contributed by atoms with van der Waals surface area (Å²) in [5, 5.41) is 12.8. The Morgan fingerprint density at radius 1 is 1.00 bits per heavy atom. The van der Waals surface area contributed by atoms with E-state index in [-0.39, 0.29) is 6.42 Å². The molecule has 1 saturated heterocycles. The largest absolute Gasteiger partial charge is 0.481 e. The van der Waals surface area contributed by atoms with Crippen LogP contribution in [-0.4, -0.2) is 48.2 Å². The van der Waals surface area contributed by atoms with Crippen LogP contribution >= 0.6 is 0 Å². The number of nitrogens with zero attached hydrogens (tertiary/aromatic N) is 1. The standard InChI is InChI=1S/C19H34N2O2/c22-19(23)8-9-21-13-17(10-15-6-7-15)11-18(14-21)20-12-16-4-2-1-3-5-16/h15-18,20H,1-14H2,(H,22,23). The van der Waals surface area contributed by atoms with Crippen LogP contribution < -0.4 is 5.32 Å². The van der Waals surface area contributed by atoms with E-state index < -0.39 is 5.97 Å². The van der Waals surface area contributed by atoms with Gasteiger partial charge in [0.15, 0.2) is 0 Å². The van der Waals surface area contributed by atoms with Crippen LogP contribution in [0.3, 0.4) is 0 Å². The predicted molar refractivity (Wildman–Crippen MR) is 92.5 cm³/mol. The van der Waals surface area contributed by atoms with Gasteiger partial charge >= 0.3 is 5.97 Å². The highest BCUT2D eigenvalue weighted by Crippen LogP contribution is 2.37. The predicted octanol–water partition coefficient (Wildman–Crippen LogP) is 3.12. The quantitative estimate of drug-likeness (QED) is 0.721. The van der Waals surface area contributed by atoms with Crippen molar-refractivity contribution >= 4 is 5.97 Å². The summed E-state index contributed by atoms with van der Waals surface area (Å²) in [4.78, 5) is 13.3. The molecule has 0 bridgehead atoms. The molecule has 2 aliphatic carbocycles. The summed E-state index contributed by atoms with van der Waals surface area (Å²) in [5.74, 6) is 1.95. The molecule has 0 spiro atoms. The minimum absolute atomic E-state index is 0.283. The fourth-order valence-corrected chi connectivity index (χ4v) is 4.61. The van der Waals surface area contributed by atoms with Crippen LogP contribution in [0.4, 0.5) is 0 Å². The molecule has 0 amide bonds. The fraction of sp³-hybridized carbons (Fsp3) is 0.947. The molecule has 4 nitrogen and oxygen atoms in total. The van der Waals surface area contributed by atoms with E-state index in [1.165, 1.54) is 64.3 Å². The summed E-state index contributed by atoms with van der Waals surface area (Å²) in [6.07, 6.45) is 12.8. The van der Waals surface area contributed by atoms with E-state index in [1.807, 2.05) is 0 Å². The van der Waals surface area contributed by atoms with Crippen molar-refractivity contribution in [3.8, 4) is 0 Å². The fourth-order valence-electron chi connectivity index (χ4n) is 4.61. The Morgan fingerprint density at radius 2 is 1.78 bits per heavy atom. The van der Waals surface area contributed by atoms with E-state index in [0.29, 0.717) is 6.04 Å². The van der Waals surface area contributed by atoms with Gasteiger partial charge in [0, 0.05) is 25.7 Å². The van der Waals surface area contributed by atoms with E-state index in [0.717, 1.165) is 37.4 Å². The maximum Gasteiger partial charge on any atom is 0.304 e. The molecule has 0 aromatic heterocycles. The maximum absolute atomic E-state index is 10.9. The number of hydrogen-bond donors (Lipinski definition) is 2. The zero-order valence-electron chi connectivity index (χ0n) is 14.5. The van der Waals surface area contributed by atoms with Crippen molar-refractivity contribution in [2.24, 2.45) is 17.8 Å². The molecular weight excluding hydrogens is 288 g/mol. The Balaban J connectivity index is 1.46. The van der Waals surface area contributed by atoms with Crippen molar-refractivity contribution in [3.05, 3.63) is 0 Å². The summed E-state index contributed by atoms with van der Waals surface area (Å²) in [5.41, 5.74) is 0. The third-order valence-electron chi connectivity index (χ3n) is 6.04. The topological polar surface area (TPSA) is 52.6 Å². The molecule has 0 aromatic rings. The molecule has 3 rings (SSSR count). The average Bonchev–Trinajstić information content (AvgIpc) is 3.36. The second-order valence-electron chi connectivity index (χ2n) is 8.29. The van der Waals surface area contributed by atoms with Crippen LogP contribution in [0.15, 0.2) is 0 Å². The van der Waals surface area contributed by atoms with E-state index >= 15 is 0 Å². The van der Waals surface area contributed by atoms with E-state index in [1.54, 1.807) is 0 Å². The van der Waals surface area contributed by atoms with Gasteiger partial charge in [-0.3, -0.25) is 4.79 Å². The van der Waals surface area contributed by atoms with Crippen LogP contribution in [0.25, 0.3) is 0 Å². The third-order valence-corrected chi connectivity index (χ3v) is 6.04. The second kappa shape index (κ2) is 8.48. The summed E-state index contributed by atoms with van der Waals surface area (Å²) < 4.78 is 0. The van der Waals surface area contributed by atoms with E-state index in [4.69, 9.17) is 5.11 Å². The molecule has 2 atom stereocenters. The Morgan fingerprint density at radius 3 is 2.48 bits per heavy atom. The molecule has 2 unspecified atom stereocenters. The van der Waals surface area contributed by atoms with Gasteiger partial charge in [-0.2, -0.15) is 0 Å². The molecule has 0 aromatic carbocycles. The summed E-state index contributed by atoms with van der Waals surface area (Å²) in [6.45, 7) is 4.05. The zero-order chi connectivity index (χ0) is 16.1. The monoisotopic (exact) mass is 322 g/mol. The van der Waals surface area contributed by atoms with Crippen molar-refractivity contribution in [1.82, 2.24) is 10.2 Å². The number of rotatable bonds is 8. The highest BCUT2D eigenvalue weighted by Gasteiger charge is 2.32. The van der Waals surface area contributed by atoms with Crippen LogP contribution in [0, 0.1) is 17.8 Å². The number of nitrogens with one attached hydrogen (secondary N) is 1. The highest BCUT2D eigenvalue weighted by molar-refractivity contribution is 5.66. The first kappa shape index (κ1) is 17.2. The van der Waals surface area contributed by atoms with Crippen molar-refractivity contribution in [1.29, 1.82) is 0 Å². The minimum atomic E-state index is -0.666. The summed E-state index contributed by atoms with van der Waals surface area (Å²) >= 11 is 0. The molecular formula is C19H34N2O2. The lowest BCUT2D eigenvalue weighted by Gasteiger charge is -2.39. The first-order valence-corrected chi connectivity index (χ1v) is 9.86. The number of hydrogen-bond acceptors (Lipinski definition) is 3. The van der Waals surface area contributed by atoms with Gasteiger partial charge in [-0.25, -0.2) is 0 Å². The van der Waals surface area contributed by atoms with E-state index in [2.05, 4.69) is 10.2 Å². The van der Waals surface area contributed by atoms with Crippen molar-refractivity contribution < 1.29 is 9.90 Å². The first-order valence-electron chi connectivity index (χ1n) is 9.86. The molecule has 2 saturated carbocycles. The average molecular weight is 322 g/mol. The van der Waals surface area contributed by atoms with E-state index in [9.17, 15) is 4.79 Å². The SMILES string of the molecule is O=C(O)CCN1CC(CC2CC2)CC(NCC2CCCCC2)C1.